The summed E-state index contributed by atoms with van der Waals surface area (Å²) in [5.41, 5.74) is -0.504. The number of rotatable bonds is 1. The zero-order chi connectivity index (χ0) is 27.4. The van der Waals surface area contributed by atoms with Crippen LogP contribution < -0.4 is 10.9 Å². The summed E-state index contributed by atoms with van der Waals surface area (Å²) in [6, 6.07) is 4.44. The number of hydrogen-bond acceptors (Lipinski definition) is 9. The lowest BCUT2D eigenvalue weighted by atomic mass is 9.77. The summed E-state index contributed by atoms with van der Waals surface area (Å²) in [6.07, 6.45) is 0. The topological polar surface area (TPSA) is 176 Å². The summed E-state index contributed by atoms with van der Waals surface area (Å²) in [6.45, 7) is 1.14. The molecule has 0 amide bonds. The first-order valence-corrected chi connectivity index (χ1v) is 12.0. The van der Waals surface area contributed by atoms with Gasteiger partial charge in [-0.15, -0.1) is 0 Å². The van der Waals surface area contributed by atoms with Crippen LogP contribution in [-0.2, 0) is 6.61 Å². The maximum atomic E-state index is 13.4. The van der Waals surface area contributed by atoms with Gasteiger partial charge < -0.3 is 35.7 Å². The van der Waals surface area contributed by atoms with Crippen LogP contribution in [0.3, 0.4) is 0 Å². The van der Waals surface area contributed by atoms with Crippen molar-refractivity contribution in [3.05, 3.63) is 55.8 Å². The van der Waals surface area contributed by atoms with Gasteiger partial charge in [-0.3, -0.25) is 9.59 Å². The third-order valence-electron chi connectivity index (χ3n) is 8.30. The number of hydrogen-bond donors (Lipinski definition) is 7. The molecule has 0 aliphatic carbocycles. The van der Waals surface area contributed by atoms with Gasteiger partial charge >= 0.3 is 0 Å². The molecule has 0 aliphatic heterocycles. The lowest BCUT2D eigenvalue weighted by Gasteiger charge is -2.26. The van der Waals surface area contributed by atoms with E-state index in [0.29, 0.717) is 16.3 Å². The van der Waals surface area contributed by atoms with Crippen LogP contribution in [0.25, 0.3) is 75.4 Å². The highest BCUT2D eigenvalue weighted by Gasteiger charge is 2.33. The Hall–Kier alpha value is -5.28. The van der Waals surface area contributed by atoms with Crippen molar-refractivity contribution in [2.75, 3.05) is 0 Å². The van der Waals surface area contributed by atoms with Crippen molar-refractivity contribution in [1.29, 1.82) is 0 Å². The predicted octanol–water partition coefficient (Wildman–Crippen LogP) is 4.26. The van der Waals surface area contributed by atoms with Crippen molar-refractivity contribution < 1.29 is 35.7 Å². The molecule has 0 heterocycles. The van der Waals surface area contributed by atoms with Crippen LogP contribution in [0.1, 0.15) is 11.1 Å². The Labute approximate surface area is 215 Å². The van der Waals surface area contributed by atoms with E-state index in [1.807, 2.05) is 0 Å². The third-order valence-corrected chi connectivity index (χ3v) is 8.30. The van der Waals surface area contributed by atoms with Crippen LogP contribution in [0.4, 0.5) is 0 Å². The van der Waals surface area contributed by atoms with E-state index in [2.05, 4.69) is 0 Å². The van der Waals surface area contributed by atoms with Crippen LogP contribution in [0.2, 0.25) is 0 Å². The fourth-order valence-corrected chi connectivity index (χ4v) is 7.00. The molecule has 7 N–H and O–H groups in total. The van der Waals surface area contributed by atoms with Gasteiger partial charge in [0.25, 0.3) is 0 Å². The quantitative estimate of drug-likeness (QED) is 0.123. The van der Waals surface area contributed by atoms with Gasteiger partial charge in [0, 0.05) is 55.2 Å². The first-order valence-electron chi connectivity index (χ1n) is 12.0. The lowest BCUT2D eigenvalue weighted by Crippen LogP contribution is -2.08. The second-order valence-electron chi connectivity index (χ2n) is 10.2. The second-order valence-corrected chi connectivity index (χ2v) is 10.2. The minimum atomic E-state index is -0.703. The molecule has 8 aromatic carbocycles. The van der Waals surface area contributed by atoms with Crippen molar-refractivity contribution in [3.63, 3.8) is 0 Å². The molecule has 0 aromatic heterocycles. The van der Waals surface area contributed by atoms with Crippen molar-refractivity contribution in [2.45, 2.75) is 13.5 Å². The number of aliphatic hydroxyl groups excluding tert-OH is 1. The molecule has 0 saturated carbocycles. The van der Waals surface area contributed by atoms with Crippen molar-refractivity contribution in [3.8, 4) is 34.5 Å². The van der Waals surface area contributed by atoms with Crippen LogP contribution in [0.15, 0.2) is 33.9 Å². The minimum absolute atomic E-state index is 0.0397. The summed E-state index contributed by atoms with van der Waals surface area (Å²) < 4.78 is 0. The summed E-state index contributed by atoms with van der Waals surface area (Å²) in [5.74, 6) is -3.02. The van der Waals surface area contributed by atoms with E-state index in [0.717, 1.165) is 12.1 Å². The van der Waals surface area contributed by atoms with Gasteiger partial charge in [-0.1, -0.05) is 0 Å². The summed E-state index contributed by atoms with van der Waals surface area (Å²) in [4.78, 5) is 26.8. The molecule has 0 spiro atoms. The molecule has 9 heteroatoms. The van der Waals surface area contributed by atoms with Gasteiger partial charge in [-0.05, 0) is 41.0 Å². The zero-order valence-electron chi connectivity index (χ0n) is 20.0. The van der Waals surface area contributed by atoms with Crippen LogP contribution in [0.5, 0.6) is 34.5 Å². The second kappa shape index (κ2) is 6.40. The highest BCUT2D eigenvalue weighted by Crippen LogP contribution is 2.59. The average molecular weight is 520 g/mol. The first-order chi connectivity index (χ1) is 18.6. The Morgan fingerprint density at radius 1 is 0.462 bits per heavy atom. The van der Waals surface area contributed by atoms with E-state index >= 15 is 0 Å². The Morgan fingerprint density at radius 2 is 0.897 bits per heavy atom. The molecule has 0 bridgehead atoms. The molecule has 9 nitrogen and oxygen atoms in total. The van der Waals surface area contributed by atoms with E-state index < -0.39 is 52.0 Å². The largest absolute Gasteiger partial charge is 0.507 e. The van der Waals surface area contributed by atoms with E-state index in [4.69, 9.17) is 0 Å². The highest BCUT2D eigenvalue weighted by molar-refractivity contribution is 6.51. The Morgan fingerprint density at radius 3 is 1.54 bits per heavy atom. The number of phenols is 6. The molecule has 0 unspecified atom stereocenters. The smallest absolute Gasteiger partial charge is 0.190 e. The van der Waals surface area contributed by atoms with E-state index in [1.54, 1.807) is 6.92 Å². The lowest BCUT2D eigenvalue weighted by molar-refractivity contribution is 0.283. The normalized spacial score (nSPS) is 12.8. The maximum Gasteiger partial charge on any atom is 0.190 e. The number of phenolic OH excluding ortho intramolecular Hbond substituents is 6. The first kappa shape index (κ1) is 21.8. The number of aromatic hydroxyl groups is 6. The molecule has 8 rings (SSSR count). The molecule has 190 valence electrons. The van der Waals surface area contributed by atoms with E-state index in [9.17, 15) is 45.3 Å². The van der Waals surface area contributed by atoms with E-state index in [1.165, 1.54) is 12.1 Å². The van der Waals surface area contributed by atoms with Crippen molar-refractivity contribution in [2.24, 2.45) is 0 Å². The van der Waals surface area contributed by atoms with Crippen LogP contribution in [-0.4, -0.2) is 35.7 Å². The third kappa shape index (κ3) is 2.12. The number of aryl methyl sites for hydroxylation is 1. The standard InChI is InChI=1S/C30H16O9/c1-7-2-9(32)19-23-15(7)16-8(6-31)3-10(33)20-24(16)28-26-18(12(35)5-14(37)22(26)30(20)39)17-11(34)4-13(36)21(29(19)38)25(17)27(23)28/h2-5,31,33-34,36-39H,6H2,1H3. The van der Waals surface area contributed by atoms with Gasteiger partial charge in [-0.25, -0.2) is 0 Å². The fourth-order valence-electron chi connectivity index (χ4n) is 7.00. The number of aliphatic hydroxyl groups is 1. The van der Waals surface area contributed by atoms with Gasteiger partial charge in [0.2, 0.25) is 0 Å². The highest BCUT2D eigenvalue weighted by atomic mass is 16.3. The van der Waals surface area contributed by atoms with Crippen LogP contribution in [0, 0.1) is 6.92 Å². The Kier molecular flexibility index (Phi) is 3.57. The van der Waals surface area contributed by atoms with Crippen LogP contribution >= 0.6 is 0 Å². The molecule has 39 heavy (non-hydrogen) atoms. The van der Waals surface area contributed by atoms with E-state index in [-0.39, 0.29) is 70.2 Å². The molecule has 0 aliphatic rings. The number of benzene rings is 8. The predicted molar refractivity (Wildman–Crippen MR) is 147 cm³/mol. The summed E-state index contributed by atoms with van der Waals surface area (Å²) in [7, 11) is 0. The molecule has 8 aromatic rings. The van der Waals surface area contributed by atoms with Crippen molar-refractivity contribution >= 4 is 75.4 Å². The molecule has 0 fully saturated rings. The SMILES string of the molecule is Cc1cc(=O)c2c(O)c3c(O)cc(O)c4c5c(=O)cc(O)c6c(O)c7c(O)cc(CO)c8c1c2c(c34)c(c78)c65. The monoisotopic (exact) mass is 520 g/mol. The van der Waals surface area contributed by atoms with Gasteiger partial charge in [0.15, 0.2) is 10.9 Å². The Balaban J connectivity index is 2.03. The van der Waals surface area contributed by atoms with Crippen molar-refractivity contribution in [1.82, 2.24) is 0 Å². The Bertz CT molecular complexity index is 2530. The summed E-state index contributed by atoms with van der Waals surface area (Å²) in [5, 5.41) is 78.6. The fraction of sp³-hybridized carbons (Fsp3) is 0.0667. The zero-order valence-corrected chi connectivity index (χ0v) is 20.0. The number of fused-ring (bicyclic) bond motifs is 2. The average Bonchev–Trinajstić information content (AvgIpc) is 2.86. The van der Waals surface area contributed by atoms with Gasteiger partial charge in [-0.2, -0.15) is 0 Å². The molecular formula is C30H16O9. The minimum Gasteiger partial charge on any atom is -0.507 e. The van der Waals surface area contributed by atoms with Gasteiger partial charge in [0.1, 0.15) is 34.5 Å². The molecule has 0 saturated heterocycles. The maximum absolute atomic E-state index is 13.4. The molecule has 0 atom stereocenters. The molecular weight excluding hydrogens is 504 g/mol. The molecule has 0 radical (unpaired) electrons. The van der Waals surface area contributed by atoms with Gasteiger partial charge in [0.05, 0.1) is 28.2 Å². The summed E-state index contributed by atoms with van der Waals surface area (Å²) >= 11 is 0.